The Bertz CT molecular complexity index is 244. The molecular formula is C12H24N2O3. The summed E-state index contributed by atoms with van der Waals surface area (Å²) in [6.07, 6.45) is 2.75. The molecule has 1 aliphatic heterocycles. The molecule has 0 amide bonds. The third kappa shape index (κ3) is 2.98. The molecule has 17 heavy (non-hydrogen) atoms. The summed E-state index contributed by atoms with van der Waals surface area (Å²) in [7, 11) is 3.82. The van der Waals surface area contributed by atoms with Gasteiger partial charge in [0.2, 0.25) is 0 Å². The monoisotopic (exact) mass is 244 g/mol. The molecule has 1 saturated carbocycles. The van der Waals surface area contributed by atoms with E-state index in [1.54, 1.807) is 7.11 Å². The second-order valence-electron chi connectivity index (χ2n) is 5.06. The molecular weight excluding hydrogens is 220 g/mol. The van der Waals surface area contributed by atoms with Crippen LogP contribution in [0.2, 0.25) is 0 Å². The van der Waals surface area contributed by atoms with Gasteiger partial charge in [-0.25, -0.2) is 0 Å². The van der Waals surface area contributed by atoms with E-state index in [1.807, 2.05) is 0 Å². The number of likely N-dealkylation sites (N-methyl/N-ethyl adjacent to an activating group) is 1. The van der Waals surface area contributed by atoms with Crippen molar-refractivity contribution in [1.82, 2.24) is 4.90 Å². The average Bonchev–Trinajstić information content (AvgIpc) is 2.78. The lowest BCUT2D eigenvalue weighted by Gasteiger charge is -2.43. The van der Waals surface area contributed by atoms with Crippen LogP contribution < -0.4 is 5.73 Å². The number of hydrogen-bond acceptors (Lipinski definition) is 5. The summed E-state index contributed by atoms with van der Waals surface area (Å²) in [6, 6.07) is 0.521. The maximum absolute atomic E-state index is 6.21. The van der Waals surface area contributed by atoms with Crippen LogP contribution >= 0.6 is 0 Å². The number of hydrogen-bond donors (Lipinski definition) is 1. The van der Waals surface area contributed by atoms with E-state index in [-0.39, 0.29) is 11.8 Å². The van der Waals surface area contributed by atoms with E-state index in [2.05, 4.69) is 11.9 Å². The molecule has 100 valence electrons. The fourth-order valence-electron chi connectivity index (χ4n) is 2.79. The molecule has 2 fully saturated rings. The first-order chi connectivity index (χ1) is 8.17. The van der Waals surface area contributed by atoms with Crippen LogP contribution in [0.1, 0.15) is 19.3 Å². The fraction of sp³-hybridized carbons (Fsp3) is 1.00. The zero-order valence-corrected chi connectivity index (χ0v) is 10.9. The van der Waals surface area contributed by atoms with Crippen molar-refractivity contribution in [2.24, 2.45) is 5.73 Å². The largest absolute Gasteiger partial charge is 0.383 e. The molecule has 1 saturated heterocycles. The van der Waals surface area contributed by atoms with Gasteiger partial charge in [0.25, 0.3) is 0 Å². The highest BCUT2D eigenvalue weighted by Crippen LogP contribution is 2.36. The molecule has 2 N–H and O–H groups in total. The second kappa shape index (κ2) is 5.63. The van der Waals surface area contributed by atoms with Gasteiger partial charge in [0.05, 0.1) is 19.8 Å². The quantitative estimate of drug-likeness (QED) is 0.765. The lowest BCUT2D eigenvalue weighted by Crippen LogP contribution is -2.55. The van der Waals surface area contributed by atoms with Gasteiger partial charge in [-0.15, -0.1) is 0 Å². The van der Waals surface area contributed by atoms with E-state index in [0.717, 1.165) is 32.4 Å². The molecule has 2 unspecified atom stereocenters. The van der Waals surface area contributed by atoms with Gasteiger partial charge in [0.15, 0.2) is 5.79 Å². The van der Waals surface area contributed by atoms with Crippen LogP contribution in [-0.2, 0) is 14.2 Å². The van der Waals surface area contributed by atoms with Crippen molar-refractivity contribution >= 4 is 0 Å². The molecule has 1 heterocycles. The highest BCUT2D eigenvalue weighted by Gasteiger charge is 2.45. The Labute approximate surface area is 103 Å². The van der Waals surface area contributed by atoms with Gasteiger partial charge in [-0.2, -0.15) is 0 Å². The molecule has 0 radical (unpaired) electrons. The van der Waals surface area contributed by atoms with Crippen molar-refractivity contribution < 1.29 is 14.2 Å². The van der Waals surface area contributed by atoms with Crippen LogP contribution in [0.5, 0.6) is 0 Å². The minimum absolute atomic E-state index is 0.204. The van der Waals surface area contributed by atoms with E-state index < -0.39 is 0 Å². The molecule has 0 aromatic carbocycles. The Balaban J connectivity index is 1.94. The van der Waals surface area contributed by atoms with Gasteiger partial charge in [0, 0.05) is 38.6 Å². The second-order valence-corrected chi connectivity index (χ2v) is 5.06. The van der Waals surface area contributed by atoms with Crippen LogP contribution in [0, 0.1) is 0 Å². The van der Waals surface area contributed by atoms with Crippen LogP contribution in [0.4, 0.5) is 0 Å². The Morgan fingerprint density at radius 3 is 2.76 bits per heavy atom. The first-order valence-corrected chi connectivity index (χ1v) is 6.39. The maximum atomic E-state index is 6.21. The van der Waals surface area contributed by atoms with Crippen LogP contribution in [0.25, 0.3) is 0 Å². The lowest BCUT2D eigenvalue weighted by molar-refractivity contribution is -0.191. The standard InChI is InChI=1S/C12H24N2O3/c1-14(5-6-15-2)11-9-12(4-3-10(11)13)16-7-8-17-12/h10-11H,3-9,13H2,1-2H3. The van der Waals surface area contributed by atoms with Gasteiger partial charge in [-0.05, 0) is 13.5 Å². The maximum Gasteiger partial charge on any atom is 0.170 e. The van der Waals surface area contributed by atoms with Crippen LogP contribution in [0.15, 0.2) is 0 Å². The van der Waals surface area contributed by atoms with E-state index in [0.29, 0.717) is 19.3 Å². The van der Waals surface area contributed by atoms with Gasteiger partial charge in [-0.1, -0.05) is 0 Å². The molecule has 0 aromatic rings. The molecule has 2 rings (SSSR count). The fourth-order valence-corrected chi connectivity index (χ4v) is 2.79. The normalized spacial score (nSPS) is 32.5. The average molecular weight is 244 g/mol. The Hall–Kier alpha value is -0.200. The van der Waals surface area contributed by atoms with Crippen molar-refractivity contribution in [1.29, 1.82) is 0 Å². The summed E-state index contributed by atoms with van der Waals surface area (Å²) >= 11 is 0. The SMILES string of the molecule is COCCN(C)C1CC2(CCC1N)OCCO2. The zero-order chi connectivity index (χ0) is 12.3. The molecule has 1 spiro atoms. The minimum atomic E-state index is -0.359. The Morgan fingerprint density at radius 2 is 2.12 bits per heavy atom. The highest BCUT2D eigenvalue weighted by atomic mass is 16.7. The summed E-state index contributed by atoms with van der Waals surface area (Å²) in [5, 5.41) is 0. The van der Waals surface area contributed by atoms with Crippen LogP contribution in [-0.4, -0.2) is 63.3 Å². The van der Waals surface area contributed by atoms with E-state index in [9.17, 15) is 0 Å². The number of ether oxygens (including phenoxy) is 3. The minimum Gasteiger partial charge on any atom is -0.383 e. The summed E-state index contributed by atoms with van der Waals surface area (Å²) in [5.41, 5.74) is 6.21. The van der Waals surface area contributed by atoms with Crippen molar-refractivity contribution in [2.45, 2.75) is 37.1 Å². The van der Waals surface area contributed by atoms with E-state index in [1.165, 1.54) is 0 Å². The van der Waals surface area contributed by atoms with Crippen molar-refractivity contribution in [2.75, 3.05) is 40.5 Å². The number of nitrogens with zero attached hydrogens (tertiary/aromatic N) is 1. The summed E-state index contributed by atoms with van der Waals surface area (Å²) in [6.45, 7) is 3.05. The molecule has 0 bridgehead atoms. The Morgan fingerprint density at radius 1 is 1.41 bits per heavy atom. The van der Waals surface area contributed by atoms with Crippen molar-refractivity contribution in [3.63, 3.8) is 0 Å². The summed E-state index contributed by atoms with van der Waals surface area (Å²) in [4.78, 5) is 2.26. The predicted octanol–water partition coefficient (Wildman–Crippen LogP) is 0.188. The lowest BCUT2D eigenvalue weighted by atomic mass is 9.85. The van der Waals surface area contributed by atoms with Crippen molar-refractivity contribution in [3.05, 3.63) is 0 Å². The topological polar surface area (TPSA) is 57.0 Å². The summed E-state index contributed by atoms with van der Waals surface area (Å²) in [5.74, 6) is -0.359. The molecule has 1 aliphatic carbocycles. The van der Waals surface area contributed by atoms with Crippen molar-refractivity contribution in [3.8, 4) is 0 Å². The molecule has 5 nitrogen and oxygen atoms in total. The van der Waals surface area contributed by atoms with Gasteiger partial charge in [-0.3, -0.25) is 4.90 Å². The van der Waals surface area contributed by atoms with Crippen LogP contribution in [0.3, 0.4) is 0 Å². The molecule has 5 heteroatoms. The first-order valence-electron chi connectivity index (χ1n) is 6.39. The molecule has 2 atom stereocenters. The number of rotatable bonds is 4. The van der Waals surface area contributed by atoms with E-state index >= 15 is 0 Å². The number of nitrogens with two attached hydrogens (primary N) is 1. The zero-order valence-electron chi connectivity index (χ0n) is 10.9. The van der Waals surface area contributed by atoms with E-state index in [4.69, 9.17) is 19.9 Å². The Kier molecular flexibility index (Phi) is 4.38. The smallest absolute Gasteiger partial charge is 0.170 e. The van der Waals surface area contributed by atoms with Gasteiger partial charge < -0.3 is 19.9 Å². The number of methoxy groups -OCH3 is 1. The first kappa shape index (κ1) is 13.2. The molecule has 2 aliphatic rings. The third-order valence-corrected chi connectivity index (χ3v) is 3.90. The third-order valence-electron chi connectivity index (χ3n) is 3.90. The van der Waals surface area contributed by atoms with Gasteiger partial charge >= 0.3 is 0 Å². The molecule has 0 aromatic heterocycles. The predicted molar refractivity (Wildman–Crippen MR) is 64.8 cm³/mol. The summed E-state index contributed by atoms with van der Waals surface area (Å²) < 4.78 is 16.7. The van der Waals surface area contributed by atoms with Gasteiger partial charge in [0.1, 0.15) is 0 Å². The highest BCUT2D eigenvalue weighted by molar-refractivity contribution is 4.94.